The van der Waals surface area contributed by atoms with Gasteiger partial charge in [0.05, 0.1) is 5.69 Å². The van der Waals surface area contributed by atoms with Gasteiger partial charge in [-0.25, -0.2) is 14.6 Å². The Morgan fingerprint density at radius 1 is 1.30 bits per heavy atom. The number of hydrogen-bond donors (Lipinski definition) is 4. The first kappa shape index (κ1) is 13.8. The van der Waals surface area contributed by atoms with Crippen molar-refractivity contribution in [2.24, 2.45) is 0 Å². The smallest absolute Gasteiger partial charge is 0.339 e. The van der Waals surface area contributed by atoms with E-state index in [-0.39, 0.29) is 17.0 Å². The summed E-state index contributed by atoms with van der Waals surface area (Å²) in [5, 5.41) is 25.4. The number of rotatable bonds is 3. The highest BCUT2D eigenvalue weighted by atomic mass is 32.1. The van der Waals surface area contributed by atoms with E-state index in [4.69, 9.17) is 5.11 Å². The van der Waals surface area contributed by atoms with E-state index in [0.717, 1.165) is 5.69 Å². The van der Waals surface area contributed by atoms with Gasteiger partial charge in [0.1, 0.15) is 11.3 Å². The van der Waals surface area contributed by atoms with E-state index >= 15 is 0 Å². The predicted molar refractivity (Wildman–Crippen MR) is 74.6 cm³/mol. The third kappa shape index (κ3) is 3.23. The molecule has 7 nitrogen and oxygen atoms in total. The normalized spacial score (nSPS) is 10.1. The van der Waals surface area contributed by atoms with Crippen LogP contribution in [-0.2, 0) is 0 Å². The molecule has 0 aliphatic heterocycles. The minimum absolute atomic E-state index is 0.256. The minimum Gasteiger partial charge on any atom is -0.507 e. The van der Waals surface area contributed by atoms with Gasteiger partial charge < -0.3 is 15.5 Å². The number of nitrogens with zero attached hydrogens (tertiary/aromatic N) is 1. The summed E-state index contributed by atoms with van der Waals surface area (Å²) in [6.45, 7) is 1.80. The van der Waals surface area contributed by atoms with Crippen molar-refractivity contribution in [2.45, 2.75) is 6.92 Å². The van der Waals surface area contributed by atoms with E-state index in [2.05, 4.69) is 15.6 Å². The highest BCUT2D eigenvalue weighted by Crippen LogP contribution is 2.22. The number of phenols is 1. The third-order valence-electron chi connectivity index (χ3n) is 2.32. The summed E-state index contributed by atoms with van der Waals surface area (Å²) < 4.78 is 0. The van der Waals surface area contributed by atoms with Gasteiger partial charge in [-0.3, -0.25) is 5.32 Å². The van der Waals surface area contributed by atoms with Crippen molar-refractivity contribution >= 4 is 34.2 Å². The molecule has 0 saturated heterocycles. The fraction of sp³-hybridized carbons (Fsp3) is 0.0833. The van der Waals surface area contributed by atoms with Crippen LogP contribution in [0.4, 0.5) is 15.6 Å². The molecule has 0 saturated carbocycles. The summed E-state index contributed by atoms with van der Waals surface area (Å²) in [6.07, 6.45) is 0. The Morgan fingerprint density at radius 3 is 2.65 bits per heavy atom. The Kier molecular flexibility index (Phi) is 3.85. The molecule has 0 radical (unpaired) electrons. The van der Waals surface area contributed by atoms with Gasteiger partial charge in [0.2, 0.25) is 0 Å². The van der Waals surface area contributed by atoms with Gasteiger partial charge >= 0.3 is 12.0 Å². The zero-order chi connectivity index (χ0) is 14.7. The van der Waals surface area contributed by atoms with Crippen molar-refractivity contribution in [1.29, 1.82) is 0 Å². The number of hydrogen-bond acceptors (Lipinski definition) is 5. The number of aromatic hydroxyl groups is 1. The molecule has 8 heteroatoms. The van der Waals surface area contributed by atoms with Crippen LogP contribution in [0.3, 0.4) is 0 Å². The molecule has 4 N–H and O–H groups in total. The molecule has 1 aromatic heterocycles. The first-order valence-corrected chi connectivity index (χ1v) is 6.40. The number of carboxylic acids is 1. The zero-order valence-electron chi connectivity index (χ0n) is 10.4. The lowest BCUT2D eigenvalue weighted by molar-refractivity contribution is 0.0693. The maximum absolute atomic E-state index is 11.7. The number of aromatic nitrogens is 1. The number of carbonyl (C=O) groups is 2. The number of benzene rings is 1. The largest absolute Gasteiger partial charge is 0.507 e. The number of aryl methyl sites for hydroxylation is 1. The molecule has 104 valence electrons. The van der Waals surface area contributed by atoms with E-state index < -0.39 is 12.0 Å². The number of carboxylic acid groups (broad SMARTS) is 1. The van der Waals surface area contributed by atoms with E-state index in [0.29, 0.717) is 5.13 Å². The molecule has 0 aliphatic rings. The van der Waals surface area contributed by atoms with Crippen LogP contribution in [0.5, 0.6) is 5.75 Å². The molecule has 0 bridgehead atoms. The monoisotopic (exact) mass is 293 g/mol. The molecular formula is C12H11N3O4S. The number of urea groups is 1. The van der Waals surface area contributed by atoms with Gasteiger partial charge in [-0.1, -0.05) is 0 Å². The Morgan fingerprint density at radius 2 is 2.05 bits per heavy atom. The van der Waals surface area contributed by atoms with Crippen LogP contribution in [0.2, 0.25) is 0 Å². The Labute approximate surface area is 117 Å². The number of anilines is 2. The van der Waals surface area contributed by atoms with Crippen molar-refractivity contribution in [1.82, 2.24) is 4.98 Å². The minimum atomic E-state index is -1.28. The lowest BCUT2D eigenvalue weighted by atomic mass is 10.2. The highest BCUT2D eigenvalue weighted by molar-refractivity contribution is 7.13. The van der Waals surface area contributed by atoms with Crippen molar-refractivity contribution < 1.29 is 19.8 Å². The highest BCUT2D eigenvalue weighted by Gasteiger charge is 2.12. The average Bonchev–Trinajstić information content (AvgIpc) is 2.76. The Hall–Kier alpha value is -2.61. The molecule has 1 aromatic carbocycles. The second kappa shape index (κ2) is 5.57. The third-order valence-corrected chi connectivity index (χ3v) is 3.20. The maximum Gasteiger partial charge on any atom is 0.339 e. The molecular weight excluding hydrogens is 282 g/mol. The van der Waals surface area contributed by atoms with Crippen molar-refractivity contribution in [2.75, 3.05) is 10.6 Å². The number of thiazole rings is 1. The van der Waals surface area contributed by atoms with Gasteiger partial charge in [0.25, 0.3) is 0 Å². The van der Waals surface area contributed by atoms with E-state index in [1.807, 2.05) is 0 Å². The number of carbonyl (C=O) groups excluding carboxylic acids is 1. The van der Waals surface area contributed by atoms with Crippen molar-refractivity contribution in [3.05, 3.63) is 34.8 Å². The molecule has 2 amide bonds. The molecule has 1 heterocycles. The SMILES string of the molecule is Cc1csc(NC(=O)Nc2ccc(O)c(C(=O)O)c2)n1. The molecule has 0 atom stereocenters. The van der Waals surface area contributed by atoms with Gasteiger partial charge in [-0.2, -0.15) is 0 Å². The second-order valence-electron chi connectivity index (χ2n) is 3.91. The second-order valence-corrected chi connectivity index (χ2v) is 4.77. The summed E-state index contributed by atoms with van der Waals surface area (Å²) in [5.74, 6) is -1.64. The van der Waals surface area contributed by atoms with Crippen LogP contribution in [0.15, 0.2) is 23.6 Å². The number of nitrogens with one attached hydrogen (secondary N) is 2. The summed E-state index contributed by atoms with van der Waals surface area (Å²) in [5.41, 5.74) is 0.766. The van der Waals surface area contributed by atoms with Gasteiger partial charge in [0, 0.05) is 11.1 Å². The van der Waals surface area contributed by atoms with E-state index in [1.54, 1.807) is 12.3 Å². The van der Waals surface area contributed by atoms with Gasteiger partial charge in [0.15, 0.2) is 5.13 Å². The summed E-state index contributed by atoms with van der Waals surface area (Å²) in [7, 11) is 0. The topological polar surface area (TPSA) is 112 Å². The molecule has 0 spiro atoms. The lowest BCUT2D eigenvalue weighted by Crippen LogP contribution is -2.19. The van der Waals surface area contributed by atoms with Crippen LogP contribution >= 0.6 is 11.3 Å². The van der Waals surface area contributed by atoms with Crippen LogP contribution in [0.1, 0.15) is 16.1 Å². The molecule has 0 aliphatic carbocycles. The van der Waals surface area contributed by atoms with Crippen LogP contribution in [0, 0.1) is 6.92 Å². The summed E-state index contributed by atoms with van der Waals surface area (Å²) >= 11 is 1.28. The quantitative estimate of drug-likeness (QED) is 0.650. The zero-order valence-corrected chi connectivity index (χ0v) is 11.2. The standard InChI is InChI=1S/C12H11N3O4S/c1-6-5-20-12(13-6)15-11(19)14-7-2-3-9(16)8(4-7)10(17)18/h2-5,16H,1H3,(H,17,18)(H2,13,14,15,19). The Bertz CT molecular complexity index is 668. The predicted octanol–water partition coefficient (Wildman–Crippen LogP) is 2.50. The molecule has 0 fully saturated rings. The van der Waals surface area contributed by atoms with Crippen LogP contribution in [0.25, 0.3) is 0 Å². The Balaban J connectivity index is 2.08. The maximum atomic E-state index is 11.7. The first-order chi connectivity index (χ1) is 9.45. The van der Waals surface area contributed by atoms with Gasteiger partial charge in [-0.15, -0.1) is 11.3 Å². The van der Waals surface area contributed by atoms with Crippen molar-refractivity contribution in [3.63, 3.8) is 0 Å². The van der Waals surface area contributed by atoms with Crippen LogP contribution < -0.4 is 10.6 Å². The van der Waals surface area contributed by atoms with Crippen molar-refractivity contribution in [3.8, 4) is 5.75 Å². The van der Waals surface area contributed by atoms with E-state index in [9.17, 15) is 14.7 Å². The lowest BCUT2D eigenvalue weighted by Gasteiger charge is -2.07. The number of amides is 2. The fourth-order valence-electron chi connectivity index (χ4n) is 1.46. The molecule has 2 rings (SSSR count). The first-order valence-electron chi connectivity index (χ1n) is 5.52. The average molecular weight is 293 g/mol. The summed E-state index contributed by atoms with van der Waals surface area (Å²) in [6, 6.07) is 3.23. The number of aromatic carboxylic acids is 1. The molecule has 20 heavy (non-hydrogen) atoms. The van der Waals surface area contributed by atoms with Crippen LogP contribution in [-0.4, -0.2) is 27.2 Å². The molecule has 2 aromatic rings. The van der Waals surface area contributed by atoms with Gasteiger partial charge in [-0.05, 0) is 25.1 Å². The summed E-state index contributed by atoms with van der Waals surface area (Å²) in [4.78, 5) is 26.6. The van der Waals surface area contributed by atoms with E-state index in [1.165, 1.54) is 29.5 Å². The fourth-order valence-corrected chi connectivity index (χ4v) is 2.14. The molecule has 0 unspecified atom stereocenters.